The minimum atomic E-state index is -0.293. The van der Waals surface area contributed by atoms with Crippen LogP contribution in [0.2, 0.25) is 5.02 Å². The van der Waals surface area contributed by atoms with Gasteiger partial charge in [-0.3, -0.25) is 9.56 Å². The van der Waals surface area contributed by atoms with Crippen molar-refractivity contribution in [2.75, 3.05) is 6.61 Å². The molecule has 26 heavy (non-hydrogen) atoms. The van der Waals surface area contributed by atoms with Crippen LogP contribution in [0.5, 0.6) is 0 Å². The van der Waals surface area contributed by atoms with Crippen molar-refractivity contribution in [1.82, 2.24) is 9.55 Å². The number of aryl methyl sites for hydroxylation is 1. The van der Waals surface area contributed by atoms with Crippen molar-refractivity contribution in [3.8, 4) is 5.69 Å². The van der Waals surface area contributed by atoms with Crippen molar-refractivity contribution in [2.45, 2.75) is 20.4 Å². The molecule has 6 heteroatoms. The molecule has 0 bridgehead atoms. The second kappa shape index (κ2) is 7.81. The predicted octanol–water partition coefficient (Wildman–Crippen LogP) is 4.32. The number of hydrogen-bond donors (Lipinski definition) is 1. The lowest BCUT2D eigenvalue weighted by molar-refractivity contribution is 0.318. The maximum atomic E-state index is 14.3. The number of aliphatic hydroxyl groups is 1. The van der Waals surface area contributed by atoms with Crippen molar-refractivity contribution < 1.29 is 9.50 Å². The first-order chi connectivity index (χ1) is 12.6. The number of halogens is 2. The average Bonchev–Trinajstić information content (AvgIpc) is 2.90. The Balaban J connectivity index is 0.000000613. The summed E-state index contributed by atoms with van der Waals surface area (Å²) >= 11 is 6.19. The van der Waals surface area contributed by atoms with E-state index in [-0.39, 0.29) is 12.4 Å². The third-order valence-corrected chi connectivity index (χ3v) is 4.23. The molecule has 0 spiro atoms. The first-order valence-electron chi connectivity index (χ1n) is 8.30. The maximum Gasteiger partial charge on any atom is 0.132 e. The lowest BCUT2D eigenvalue weighted by Gasteiger charge is -2.14. The van der Waals surface area contributed by atoms with Crippen molar-refractivity contribution in [3.05, 3.63) is 82.1 Å². The van der Waals surface area contributed by atoms with E-state index in [4.69, 9.17) is 16.7 Å². The molecule has 0 atom stereocenters. The number of rotatable bonds is 1. The molecular formula is C20H19ClFN3O. The summed E-state index contributed by atoms with van der Waals surface area (Å²) in [5.41, 5.74) is 3.79. The molecule has 0 saturated carbocycles. The summed E-state index contributed by atoms with van der Waals surface area (Å²) in [7, 11) is 0. The van der Waals surface area contributed by atoms with Crippen LogP contribution in [0, 0.1) is 12.7 Å². The van der Waals surface area contributed by atoms with Crippen LogP contribution in [-0.2, 0) is 6.54 Å². The van der Waals surface area contributed by atoms with E-state index in [1.807, 2.05) is 42.0 Å². The van der Waals surface area contributed by atoms with E-state index in [1.54, 1.807) is 19.1 Å². The molecular weight excluding hydrogens is 353 g/mol. The zero-order chi connectivity index (χ0) is 18.7. The fourth-order valence-electron chi connectivity index (χ4n) is 2.95. The SMILES string of the molecule is CCO.Cc1ncc2n1-c1ccc(Cl)cc1C(c1ccccc1F)=NC2. The first kappa shape index (κ1) is 18.3. The number of benzene rings is 2. The average molecular weight is 372 g/mol. The zero-order valence-electron chi connectivity index (χ0n) is 14.6. The van der Waals surface area contributed by atoms with Gasteiger partial charge in [-0.15, -0.1) is 0 Å². The second-order valence-electron chi connectivity index (χ2n) is 5.75. The van der Waals surface area contributed by atoms with E-state index in [1.165, 1.54) is 6.07 Å². The molecule has 1 aliphatic rings. The predicted molar refractivity (Wildman–Crippen MR) is 102 cm³/mol. The summed E-state index contributed by atoms with van der Waals surface area (Å²) in [6.45, 7) is 4.31. The molecule has 2 heterocycles. The highest BCUT2D eigenvalue weighted by atomic mass is 35.5. The van der Waals surface area contributed by atoms with Crippen molar-refractivity contribution in [2.24, 2.45) is 4.99 Å². The van der Waals surface area contributed by atoms with Crippen LogP contribution in [0.1, 0.15) is 29.6 Å². The molecule has 0 saturated heterocycles. The molecule has 4 rings (SSSR count). The Bertz CT molecular complexity index is 965. The lowest BCUT2D eigenvalue weighted by Crippen LogP contribution is -2.09. The molecule has 2 aromatic carbocycles. The highest BCUT2D eigenvalue weighted by molar-refractivity contribution is 6.31. The molecule has 1 aromatic heterocycles. The van der Waals surface area contributed by atoms with Gasteiger partial charge < -0.3 is 5.11 Å². The molecule has 3 aromatic rings. The molecule has 1 N–H and O–H groups in total. The summed E-state index contributed by atoms with van der Waals surface area (Å²) in [5.74, 6) is 0.576. The van der Waals surface area contributed by atoms with E-state index >= 15 is 0 Å². The van der Waals surface area contributed by atoms with Gasteiger partial charge in [-0.05, 0) is 44.2 Å². The molecule has 0 radical (unpaired) electrons. The van der Waals surface area contributed by atoms with Gasteiger partial charge in [-0.2, -0.15) is 0 Å². The first-order valence-corrected chi connectivity index (χ1v) is 8.68. The molecule has 0 unspecified atom stereocenters. The summed E-state index contributed by atoms with van der Waals surface area (Å²) in [5, 5.41) is 8.16. The van der Waals surface area contributed by atoms with Crippen LogP contribution in [0.3, 0.4) is 0 Å². The number of nitrogens with zero attached hydrogens (tertiary/aromatic N) is 3. The standard InChI is InChI=1S/C18H13ClFN3.C2H6O/c1-11-21-9-13-10-22-18(14-4-2-3-5-16(14)20)15-8-12(19)6-7-17(15)23(11)13;1-2-3/h2-9H,10H2,1H3;3H,2H2,1H3. The van der Waals surface area contributed by atoms with Crippen LogP contribution in [0.25, 0.3) is 5.69 Å². The van der Waals surface area contributed by atoms with E-state index in [2.05, 4.69) is 9.98 Å². The normalized spacial score (nSPS) is 12.3. The fraction of sp³-hybridized carbons (Fsp3) is 0.200. The molecule has 0 amide bonds. The van der Waals surface area contributed by atoms with Crippen LogP contribution in [0.4, 0.5) is 4.39 Å². The minimum absolute atomic E-state index is 0.250. The van der Waals surface area contributed by atoms with E-state index < -0.39 is 0 Å². The van der Waals surface area contributed by atoms with Gasteiger partial charge in [0.15, 0.2) is 0 Å². The van der Waals surface area contributed by atoms with Crippen LogP contribution in [0.15, 0.2) is 53.7 Å². The Morgan fingerprint density at radius 1 is 1.19 bits per heavy atom. The van der Waals surface area contributed by atoms with E-state index in [0.717, 1.165) is 22.8 Å². The number of fused-ring (bicyclic) bond motifs is 3. The largest absolute Gasteiger partial charge is 0.397 e. The fourth-order valence-corrected chi connectivity index (χ4v) is 3.13. The van der Waals surface area contributed by atoms with E-state index in [9.17, 15) is 4.39 Å². The third-order valence-electron chi connectivity index (χ3n) is 3.99. The minimum Gasteiger partial charge on any atom is -0.397 e. The highest BCUT2D eigenvalue weighted by Crippen LogP contribution is 2.29. The highest BCUT2D eigenvalue weighted by Gasteiger charge is 2.22. The van der Waals surface area contributed by atoms with Gasteiger partial charge in [0.1, 0.15) is 11.6 Å². The van der Waals surface area contributed by atoms with Gasteiger partial charge >= 0.3 is 0 Å². The lowest BCUT2D eigenvalue weighted by atomic mass is 10.00. The number of hydrogen-bond acceptors (Lipinski definition) is 3. The molecule has 0 fully saturated rings. The summed E-state index contributed by atoms with van der Waals surface area (Å²) in [6, 6.07) is 12.3. The maximum absolute atomic E-state index is 14.3. The molecule has 4 nitrogen and oxygen atoms in total. The van der Waals surface area contributed by atoms with Crippen molar-refractivity contribution >= 4 is 17.3 Å². The van der Waals surface area contributed by atoms with Gasteiger partial charge in [0.05, 0.1) is 29.8 Å². The quantitative estimate of drug-likeness (QED) is 0.692. The number of imidazole rings is 1. The molecule has 0 aliphatic carbocycles. The van der Waals surface area contributed by atoms with Gasteiger partial charge in [0.25, 0.3) is 0 Å². The van der Waals surface area contributed by atoms with E-state index in [0.29, 0.717) is 22.8 Å². The number of aliphatic hydroxyl groups excluding tert-OH is 1. The van der Waals surface area contributed by atoms with Crippen LogP contribution in [-0.4, -0.2) is 27.0 Å². The van der Waals surface area contributed by atoms with Crippen LogP contribution < -0.4 is 0 Å². The Morgan fingerprint density at radius 2 is 1.92 bits per heavy atom. The second-order valence-corrected chi connectivity index (χ2v) is 6.19. The summed E-state index contributed by atoms with van der Waals surface area (Å²) in [4.78, 5) is 9.01. The topological polar surface area (TPSA) is 50.4 Å². The molecule has 134 valence electrons. The monoisotopic (exact) mass is 371 g/mol. The Hall–Kier alpha value is -2.50. The van der Waals surface area contributed by atoms with Crippen LogP contribution >= 0.6 is 11.6 Å². The number of aromatic nitrogens is 2. The molecule has 1 aliphatic heterocycles. The Kier molecular flexibility index (Phi) is 5.49. The third kappa shape index (κ3) is 3.41. The zero-order valence-corrected chi connectivity index (χ0v) is 15.3. The Labute approximate surface area is 156 Å². The van der Waals surface area contributed by atoms with Gasteiger partial charge in [0.2, 0.25) is 0 Å². The van der Waals surface area contributed by atoms with Gasteiger partial charge in [0, 0.05) is 22.8 Å². The Morgan fingerprint density at radius 3 is 2.65 bits per heavy atom. The van der Waals surface area contributed by atoms with Crippen molar-refractivity contribution in [3.63, 3.8) is 0 Å². The van der Waals surface area contributed by atoms with Gasteiger partial charge in [-0.25, -0.2) is 9.37 Å². The van der Waals surface area contributed by atoms with Gasteiger partial charge in [-0.1, -0.05) is 23.7 Å². The summed E-state index contributed by atoms with van der Waals surface area (Å²) in [6.07, 6.45) is 1.81. The van der Waals surface area contributed by atoms with Crippen molar-refractivity contribution in [1.29, 1.82) is 0 Å². The summed E-state index contributed by atoms with van der Waals surface area (Å²) < 4.78 is 16.3. The number of aliphatic imine (C=N–C) groups is 1. The smallest absolute Gasteiger partial charge is 0.132 e.